The number of aromatic nitrogens is 4. The summed E-state index contributed by atoms with van der Waals surface area (Å²) in [5, 5.41) is 9.91. The minimum atomic E-state index is -0.193. The second-order valence-corrected chi connectivity index (χ2v) is 2.85. The van der Waals surface area contributed by atoms with E-state index < -0.39 is 0 Å². The maximum Gasteiger partial charge on any atom is 0.253 e. The third kappa shape index (κ3) is 2.37. The van der Waals surface area contributed by atoms with Crippen LogP contribution in [0.25, 0.3) is 0 Å². The lowest BCUT2D eigenvalue weighted by atomic mass is 10.3. The lowest BCUT2D eigenvalue weighted by molar-refractivity contribution is 0.0949. The van der Waals surface area contributed by atoms with Crippen molar-refractivity contribution in [3.63, 3.8) is 0 Å². The Kier molecular flexibility index (Phi) is 2.68. The molecule has 6 nitrogen and oxygen atoms in total. The summed E-state index contributed by atoms with van der Waals surface area (Å²) < 4.78 is 0. The van der Waals surface area contributed by atoms with Gasteiger partial charge in [-0.1, -0.05) is 0 Å². The molecule has 0 aliphatic rings. The van der Waals surface area contributed by atoms with E-state index in [1.807, 2.05) is 0 Å². The standard InChI is InChI=1S/C9H9N5O/c15-9(7-1-2-13-14-5-7)12-6-8-10-3-4-11-8/h1-5H,6H2,(H,10,11)(H,12,15). The van der Waals surface area contributed by atoms with Crippen LogP contribution in [0.3, 0.4) is 0 Å². The molecule has 0 bridgehead atoms. The van der Waals surface area contributed by atoms with Crippen molar-refractivity contribution in [1.29, 1.82) is 0 Å². The summed E-state index contributed by atoms with van der Waals surface area (Å²) >= 11 is 0. The Morgan fingerprint density at radius 2 is 2.33 bits per heavy atom. The summed E-state index contributed by atoms with van der Waals surface area (Å²) in [5.41, 5.74) is 0.483. The zero-order valence-corrected chi connectivity index (χ0v) is 7.84. The zero-order valence-electron chi connectivity index (χ0n) is 7.84. The van der Waals surface area contributed by atoms with E-state index in [0.29, 0.717) is 17.9 Å². The maximum atomic E-state index is 11.5. The number of hydrogen-bond donors (Lipinski definition) is 2. The van der Waals surface area contributed by atoms with Crippen LogP contribution in [0.4, 0.5) is 0 Å². The van der Waals surface area contributed by atoms with Crippen LogP contribution in [0.5, 0.6) is 0 Å². The molecule has 76 valence electrons. The van der Waals surface area contributed by atoms with E-state index in [2.05, 4.69) is 25.5 Å². The molecule has 6 heteroatoms. The summed E-state index contributed by atoms with van der Waals surface area (Å²) in [6, 6.07) is 1.60. The Morgan fingerprint density at radius 3 is 3.00 bits per heavy atom. The molecule has 0 aliphatic heterocycles. The van der Waals surface area contributed by atoms with E-state index >= 15 is 0 Å². The fourth-order valence-corrected chi connectivity index (χ4v) is 1.09. The first-order valence-corrected chi connectivity index (χ1v) is 4.39. The number of H-pyrrole nitrogens is 1. The van der Waals surface area contributed by atoms with Crippen molar-refractivity contribution in [2.75, 3.05) is 0 Å². The number of imidazole rings is 1. The minimum absolute atomic E-state index is 0.193. The topological polar surface area (TPSA) is 83.6 Å². The molecule has 2 aromatic rings. The van der Waals surface area contributed by atoms with Crippen molar-refractivity contribution < 1.29 is 4.79 Å². The van der Waals surface area contributed by atoms with Crippen molar-refractivity contribution in [3.05, 3.63) is 42.2 Å². The average Bonchev–Trinajstić information content (AvgIpc) is 2.80. The fourth-order valence-electron chi connectivity index (χ4n) is 1.09. The van der Waals surface area contributed by atoms with Crippen molar-refractivity contribution in [1.82, 2.24) is 25.5 Å². The van der Waals surface area contributed by atoms with Gasteiger partial charge in [0.15, 0.2) is 0 Å². The third-order valence-corrected chi connectivity index (χ3v) is 1.82. The van der Waals surface area contributed by atoms with E-state index in [1.165, 1.54) is 12.4 Å². The molecular weight excluding hydrogens is 194 g/mol. The molecule has 0 aliphatic carbocycles. The highest BCUT2D eigenvalue weighted by Crippen LogP contribution is 1.94. The van der Waals surface area contributed by atoms with Gasteiger partial charge in [0.05, 0.1) is 24.5 Å². The Balaban J connectivity index is 1.94. The first-order chi connectivity index (χ1) is 7.36. The van der Waals surface area contributed by atoms with Crippen LogP contribution in [0.15, 0.2) is 30.9 Å². The highest BCUT2D eigenvalue weighted by molar-refractivity contribution is 5.93. The smallest absolute Gasteiger partial charge is 0.253 e. The van der Waals surface area contributed by atoms with Crippen LogP contribution in [-0.2, 0) is 6.54 Å². The number of carbonyl (C=O) groups is 1. The highest BCUT2D eigenvalue weighted by Gasteiger charge is 2.05. The second-order valence-electron chi connectivity index (χ2n) is 2.85. The van der Waals surface area contributed by atoms with Gasteiger partial charge in [-0.3, -0.25) is 4.79 Å². The first-order valence-electron chi connectivity index (χ1n) is 4.39. The number of aromatic amines is 1. The van der Waals surface area contributed by atoms with Gasteiger partial charge in [0.25, 0.3) is 5.91 Å². The molecule has 2 heterocycles. The Morgan fingerprint density at radius 1 is 1.40 bits per heavy atom. The Bertz CT molecular complexity index is 425. The van der Waals surface area contributed by atoms with Crippen LogP contribution in [0.1, 0.15) is 16.2 Å². The van der Waals surface area contributed by atoms with Gasteiger partial charge >= 0.3 is 0 Å². The lowest BCUT2D eigenvalue weighted by Gasteiger charge is -2.01. The third-order valence-electron chi connectivity index (χ3n) is 1.82. The summed E-state index contributed by atoms with van der Waals surface area (Å²) in [6.45, 7) is 0.369. The molecule has 15 heavy (non-hydrogen) atoms. The van der Waals surface area contributed by atoms with Crippen LogP contribution in [0, 0.1) is 0 Å². The molecule has 0 fully saturated rings. The Hall–Kier alpha value is -2.24. The van der Waals surface area contributed by atoms with Crippen LogP contribution < -0.4 is 5.32 Å². The van der Waals surface area contributed by atoms with Crippen molar-refractivity contribution in [2.45, 2.75) is 6.54 Å². The van der Waals surface area contributed by atoms with Gasteiger partial charge in [-0.15, -0.1) is 0 Å². The number of amides is 1. The van der Waals surface area contributed by atoms with Gasteiger partial charge in [0.2, 0.25) is 0 Å². The van der Waals surface area contributed by atoms with Crippen molar-refractivity contribution in [2.24, 2.45) is 0 Å². The number of hydrogen-bond acceptors (Lipinski definition) is 4. The molecule has 0 radical (unpaired) electrons. The molecule has 1 amide bonds. The molecule has 0 saturated heterocycles. The van der Waals surface area contributed by atoms with Crippen molar-refractivity contribution >= 4 is 5.91 Å². The van der Waals surface area contributed by atoms with E-state index in [0.717, 1.165) is 0 Å². The maximum absolute atomic E-state index is 11.5. The molecule has 0 spiro atoms. The summed E-state index contributed by atoms with van der Waals surface area (Å²) in [7, 11) is 0. The SMILES string of the molecule is O=C(NCc1ncc[nH]1)c1ccnnc1. The number of rotatable bonds is 3. The van der Waals surface area contributed by atoms with Gasteiger partial charge < -0.3 is 10.3 Å². The van der Waals surface area contributed by atoms with Gasteiger partial charge in [-0.25, -0.2) is 4.98 Å². The van der Waals surface area contributed by atoms with Crippen molar-refractivity contribution in [3.8, 4) is 0 Å². The molecule has 2 aromatic heterocycles. The molecular formula is C9H9N5O. The highest BCUT2D eigenvalue weighted by atomic mass is 16.1. The second kappa shape index (κ2) is 4.32. The van der Waals surface area contributed by atoms with E-state index in [1.54, 1.807) is 18.5 Å². The quantitative estimate of drug-likeness (QED) is 0.742. The molecule has 0 unspecified atom stereocenters. The minimum Gasteiger partial charge on any atom is -0.347 e. The average molecular weight is 203 g/mol. The first kappa shape index (κ1) is 9.32. The Labute approximate surface area is 85.8 Å². The predicted octanol–water partition coefficient (Wildman–Crippen LogP) is 0.130. The molecule has 0 saturated carbocycles. The number of nitrogens with zero attached hydrogens (tertiary/aromatic N) is 3. The zero-order chi connectivity index (χ0) is 10.5. The summed E-state index contributed by atoms with van der Waals surface area (Å²) in [4.78, 5) is 18.4. The van der Waals surface area contributed by atoms with Crippen LogP contribution in [0.2, 0.25) is 0 Å². The van der Waals surface area contributed by atoms with Gasteiger partial charge in [-0.05, 0) is 6.07 Å². The molecule has 0 atom stereocenters. The van der Waals surface area contributed by atoms with Gasteiger partial charge in [0, 0.05) is 12.4 Å². The summed E-state index contributed by atoms with van der Waals surface area (Å²) in [5.74, 6) is 0.520. The fraction of sp³-hybridized carbons (Fsp3) is 0.111. The van der Waals surface area contributed by atoms with Gasteiger partial charge in [0.1, 0.15) is 5.82 Å². The number of nitrogens with one attached hydrogen (secondary N) is 2. The van der Waals surface area contributed by atoms with E-state index in [-0.39, 0.29) is 5.91 Å². The predicted molar refractivity (Wildman–Crippen MR) is 51.8 cm³/mol. The monoisotopic (exact) mass is 203 g/mol. The summed E-state index contributed by atoms with van der Waals surface area (Å²) in [6.07, 6.45) is 6.23. The van der Waals surface area contributed by atoms with E-state index in [9.17, 15) is 4.79 Å². The largest absolute Gasteiger partial charge is 0.347 e. The van der Waals surface area contributed by atoms with Gasteiger partial charge in [-0.2, -0.15) is 10.2 Å². The van der Waals surface area contributed by atoms with E-state index in [4.69, 9.17) is 0 Å². The molecule has 2 rings (SSSR count). The van der Waals surface area contributed by atoms with Crippen LogP contribution in [-0.4, -0.2) is 26.1 Å². The molecule has 0 aromatic carbocycles. The van der Waals surface area contributed by atoms with Crippen LogP contribution >= 0.6 is 0 Å². The lowest BCUT2D eigenvalue weighted by Crippen LogP contribution is -2.23. The number of carbonyl (C=O) groups excluding carboxylic acids is 1. The normalized spacial score (nSPS) is 9.87. The molecule has 2 N–H and O–H groups in total.